The highest BCUT2D eigenvalue weighted by Gasteiger charge is 2.13. The Morgan fingerprint density at radius 2 is 1.96 bits per heavy atom. The molecule has 0 fully saturated rings. The monoisotopic (exact) mass is 465 g/mol. The van der Waals surface area contributed by atoms with Crippen molar-refractivity contribution in [3.8, 4) is 11.5 Å². The zero-order valence-corrected chi connectivity index (χ0v) is 17.5. The van der Waals surface area contributed by atoms with Crippen LogP contribution < -0.4 is 20.3 Å². The Balaban J connectivity index is 1.76. The van der Waals surface area contributed by atoms with Gasteiger partial charge in [-0.15, -0.1) is 0 Å². The van der Waals surface area contributed by atoms with Gasteiger partial charge in [0.2, 0.25) is 5.91 Å². The molecule has 0 aliphatic rings. The number of rotatable bonds is 6. The molecule has 0 aliphatic carbocycles. The zero-order chi connectivity index (χ0) is 20.3. The number of ether oxygens (including phenoxy) is 2. The number of aromatic nitrogens is 2. The van der Waals surface area contributed by atoms with Gasteiger partial charge >= 0.3 is 0 Å². The Hall–Kier alpha value is -2.58. The lowest BCUT2D eigenvalue weighted by atomic mass is 10.2. The fraction of sp³-hybridized carbons (Fsp3) is 0.211. The van der Waals surface area contributed by atoms with E-state index in [-0.39, 0.29) is 24.4 Å². The van der Waals surface area contributed by atoms with Gasteiger partial charge in [0.05, 0.1) is 42.2 Å². The van der Waals surface area contributed by atoms with Gasteiger partial charge in [-0.2, -0.15) is 0 Å². The van der Waals surface area contributed by atoms with Crippen molar-refractivity contribution in [3.63, 3.8) is 0 Å². The molecule has 2 aromatic carbocycles. The van der Waals surface area contributed by atoms with Crippen molar-refractivity contribution in [1.82, 2.24) is 9.55 Å². The number of hydrogen-bond acceptors (Lipinski definition) is 5. The molecule has 0 atom stereocenters. The number of fused-ring (bicyclic) bond motifs is 1. The maximum Gasteiger partial charge on any atom is 0.261 e. The highest BCUT2D eigenvalue weighted by molar-refractivity contribution is 9.10. The molecular formula is C19H17BrClN3O4. The molecule has 3 aromatic rings. The van der Waals surface area contributed by atoms with E-state index >= 15 is 0 Å². The minimum atomic E-state index is -0.288. The van der Waals surface area contributed by atoms with E-state index < -0.39 is 0 Å². The van der Waals surface area contributed by atoms with E-state index in [1.807, 2.05) is 6.07 Å². The number of nitrogens with zero attached hydrogens (tertiary/aromatic N) is 2. The molecule has 9 heteroatoms. The molecule has 0 saturated carbocycles. The van der Waals surface area contributed by atoms with E-state index in [2.05, 4.69) is 26.2 Å². The van der Waals surface area contributed by atoms with Crippen LogP contribution in [0.2, 0.25) is 5.02 Å². The van der Waals surface area contributed by atoms with E-state index in [1.54, 1.807) is 24.3 Å². The molecule has 0 aliphatic heterocycles. The lowest BCUT2D eigenvalue weighted by Crippen LogP contribution is -2.23. The highest BCUT2D eigenvalue weighted by Crippen LogP contribution is 2.35. The molecule has 3 rings (SSSR count). The Kier molecular flexibility index (Phi) is 6.21. The molecule has 1 N–H and O–H groups in total. The van der Waals surface area contributed by atoms with Crippen LogP contribution in [0.3, 0.4) is 0 Å². The van der Waals surface area contributed by atoms with Crippen LogP contribution in [0.25, 0.3) is 10.9 Å². The number of anilines is 1. The number of carbonyl (C=O) groups is 1. The Bertz CT molecular complexity index is 1100. The predicted octanol–water partition coefficient (Wildman–Crippen LogP) is 3.86. The lowest BCUT2D eigenvalue weighted by Gasteiger charge is -2.13. The summed E-state index contributed by atoms with van der Waals surface area (Å²) < 4.78 is 12.6. The minimum absolute atomic E-state index is 0.0786. The first-order valence-corrected chi connectivity index (χ1v) is 9.46. The maximum absolute atomic E-state index is 12.6. The third-order valence-corrected chi connectivity index (χ3v) is 4.90. The number of halogens is 2. The third-order valence-electron chi connectivity index (χ3n) is 4.11. The van der Waals surface area contributed by atoms with Crippen LogP contribution >= 0.6 is 27.5 Å². The zero-order valence-electron chi connectivity index (χ0n) is 15.2. The van der Waals surface area contributed by atoms with Gasteiger partial charge in [-0.05, 0) is 18.2 Å². The number of amides is 1. The van der Waals surface area contributed by atoms with Crippen LogP contribution in [0.15, 0.2) is 45.9 Å². The van der Waals surface area contributed by atoms with Gasteiger partial charge in [-0.25, -0.2) is 4.98 Å². The van der Waals surface area contributed by atoms with Crippen molar-refractivity contribution in [2.75, 3.05) is 19.5 Å². The average molecular weight is 467 g/mol. The van der Waals surface area contributed by atoms with E-state index in [9.17, 15) is 9.59 Å². The number of hydrogen-bond donors (Lipinski definition) is 1. The molecule has 1 amide bonds. The van der Waals surface area contributed by atoms with Crippen LogP contribution in [0.5, 0.6) is 11.5 Å². The summed E-state index contributed by atoms with van der Waals surface area (Å²) in [7, 11) is 2.96. The third kappa shape index (κ3) is 4.28. The molecule has 0 saturated heterocycles. The van der Waals surface area contributed by atoms with Crippen molar-refractivity contribution in [2.24, 2.45) is 0 Å². The quantitative estimate of drug-likeness (QED) is 0.596. The van der Waals surface area contributed by atoms with Gasteiger partial charge < -0.3 is 14.8 Å². The maximum atomic E-state index is 12.6. The van der Waals surface area contributed by atoms with Gasteiger partial charge in [-0.3, -0.25) is 14.2 Å². The predicted molar refractivity (Wildman–Crippen MR) is 112 cm³/mol. The molecule has 7 nitrogen and oxygen atoms in total. The summed E-state index contributed by atoms with van der Waals surface area (Å²) in [6, 6.07) is 8.44. The fourth-order valence-electron chi connectivity index (χ4n) is 2.68. The molecule has 0 unspecified atom stereocenters. The number of benzene rings is 2. The van der Waals surface area contributed by atoms with Gasteiger partial charge in [-0.1, -0.05) is 27.5 Å². The summed E-state index contributed by atoms with van der Waals surface area (Å²) in [5.74, 6) is 0.538. The molecule has 0 spiro atoms. The van der Waals surface area contributed by atoms with Crippen LogP contribution in [0.4, 0.5) is 5.69 Å². The average Bonchev–Trinajstić information content (AvgIpc) is 2.68. The number of methoxy groups -OCH3 is 2. The number of aryl methyl sites for hydroxylation is 1. The first-order chi connectivity index (χ1) is 13.4. The van der Waals surface area contributed by atoms with Crippen LogP contribution in [0.1, 0.15) is 6.42 Å². The highest BCUT2D eigenvalue weighted by atomic mass is 79.9. The van der Waals surface area contributed by atoms with E-state index in [4.69, 9.17) is 21.1 Å². The van der Waals surface area contributed by atoms with Crippen LogP contribution in [-0.4, -0.2) is 29.7 Å². The second kappa shape index (κ2) is 8.62. The molecule has 0 radical (unpaired) electrons. The largest absolute Gasteiger partial charge is 0.495 e. The molecule has 0 bridgehead atoms. The summed E-state index contributed by atoms with van der Waals surface area (Å²) >= 11 is 9.42. The van der Waals surface area contributed by atoms with Crippen molar-refractivity contribution in [1.29, 1.82) is 0 Å². The molecule has 1 heterocycles. The number of nitrogens with one attached hydrogen (secondary N) is 1. The standard InChI is InChI=1S/C19H17BrClN3O4/c1-27-16-9-15(17(28-2)8-13(16)21)23-18(25)5-6-24-10-22-14-4-3-11(20)7-12(14)19(24)26/h3-4,7-10H,5-6H2,1-2H3,(H,23,25). The SMILES string of the molecule is COc1cc(NC(=O)CCn2cnc3ccc(Br)cc3c2=O)c(OC)cc1Cl. The minimum Gasteiger partial charge on any atom is -0.495 e. The van der Waals surface area contributed by atoms with Gasteiger partial charge in [0.1, 0.15) is 11.5 Å². The summed E-state index contributed by atoms with van der Waals surface area (Å²) in [5.41, 5.74) is 0.832. The van der Waals surface area contributed by atoms with E-state index in [0.717, 1.165) is 4.47 Å². The first-order valence-electron chi connectivity index (χ1n) is 8.29. The second-order valence-corrected chi connectivity index (χ2v) is 7.21. The van der Waals surface area contributed by atoms with Crippen molar-refractivity contribution >= 4 is 50.0 Å². The second-order valence-electron chi connectivity index (χ2n) is 5.89. The summed E-state index contributed by atoms with van der Waals surface area (Å²) in [4.78, 5) is 29.2. The smallest absolute Gasteiger partial charge is 0.261 e. The van der Waals surface area contributed by atoms with Gasteiger partial charge in [0.15, 0.2) is 0 Å². The Morgan fingerprint density at radius 3 is 2.68 bits per heavy atom. The fourth-order valence-corrected chi connectivity index (χ4v) is 3.28. The lowest BCUT2D eigenvalue weighted by molar-refractivity contribution is -0.116. The van der Waals surface area contributed by atoms with Gasteiger partial charge in [0, 0.05) is 29.6 Å². The van der Waals surface area contributed by atoms with Crippen molar-refractivity contribution < 1.29 is 14.3 Å². The molecule has 1 aromatic heterocycles. The summed E-state index contributed by atoms with van der Waals surface area (Å²) in [5, 5.41) is 3.61. The van der Waals surface area contributed by atoms with E-state index in [1.165, 1.54) is 25.1 Å². The molecule has 28 heavy (non-hydrogen) atoms. The van der Waals surface area contributed by atoms with Crippen molar-refractivity contribution in [3.05, 3.63) is 56.5 Å². The first kappa shape index (κ1) is 20.2. The molecule has 146 valence electrons. The van der Waals surface area contributed by atoms with Crippen LogP contribution in [0, 0.1) is 0 Å². The topological polar surface area (TPSA) is 82.5 Å². The number of carbonyl (C=O) groups excluding carboxylic acids is 1. The van der Waals surface area contributed by atoms with Gasteiger partial charge in [0.25, 0.3) is 5.56 Å². The van der Waals surface area contributed by atoms with E-state index in [0.29, 0.717) is 33.1 Å². The summed E-state index contributed by atoms with van der Waals surface area (Å²) in [6.07, 6.45) is 1.52. The summed E-state index contributed by atoms with van der Waals surface area (Å²) in [6.45, 7) is 0.188. The normalized spacial score (nSPS) is 10.7. The van der Waals surface area contributed by atoms with Crippen molar-refractivity contribution in [2.45, 2.75) is 13.0 Å². The Labute approximate surface area is 174 Å². The molecular weight excluding hydrogens is 450 g/mol. The Morgan fingerprint density at radius 1 is 1.21 bits per heavy atom. The van der Waals surface area contributed by atoms with Crippen LogP contribution in [-0.2, 0) is 11.3 Å².